The lowest BCUT2D eigenvalue weighted by Gasteiger charge is -2.46. The number of methoxy groups -OCH3 is 1. The maximum Gasteiger partial charge on any atom is 0.352 e. The van der Waals surface area contributed by atoms with E-state index >= 15 is 0 Å². The molecule has 2 bridgehead atoms. The van der Waals surface area contributed by atoms with Crippen LogP contribution < -0.4 is 16.1 Å². The second-order valence-corrected chi connectivity index (χ2v) is 15.5. The van der Waals surface area contributed by atoms with Crippen LogP contribution in [-0.2, 0) is 20.2 Å². The van der Waals surface area contributed by atoms with Crippen molar-refractivity contribution in [3.63, 3.8) is 0 Å². The predicted octanol–water partition coefficient (Wildman–Crippen LogP) is 3.62. The van der Waals surface area contributed by atoms with Crippen LogP contribution in [0.2, 0.25) is 0 Å². The third-order valence-corrected chi connectivity index (χ3v) is 13.1. The molecule has 3 fully saturated rings. The molecule has 220 valence electrons. The van der Waals surface area contributed by atoms with Gasteiger partial charge in [-0.3, -0.25) is 4.79 Å². The van der Waals surface area contributed by atoms with Crippen molar-refractivity contribution >= 4 is 47.8 Å². The SMILES string of the molecule is COc1cccc(C23C(=O)N(S(=O)(=O)c4ccc(Br)cc4)CC24C2CC(Br)C(C34)n3c(=O)n(-c4ccccc4)c(=O)n32)c1. The van der Waals surface area contributed by atoms with E-state index in [4.69, 9.17) is 4.74 Å². The van der Waals surface area contributed by atoms with Gasteiger partial charge < -0.3 is 4.74 Å². The van der Waals surface area contributed by atoms with Gasteiger partial charge in [0.05, 0.1) is 35.2 Å². The summed E-state index contributed by atoms with van der Waals surface area (Å²) >= 11 is 7.14. The number of piperidine rings is 1. The van der Waals surface area contributed by atoms with Crippen molar-refractivity contribution < 1.29 is 17.9 Å². The number of rotatable bonds is 5. The standard InChI is InChI=1S/C30H24Br2N4O6S/c1-42-20-9-5-6-17(14-20)30-25-24-22(32)15-23(35-27(38)34(28(39)36(24)35)19-7-3-2-4-8-19)29(25,30)16-33(26(30)37)43(40,41)21-12-10-18(31)11-13-21/h2-14,22-25H,15-16H2,1H3. The van der Waals surface area contributed by atoms with E-state index in [1.54, 1.807) is 54.6 Å². The largest absolute Gasteiger partial charge is 0.497 e. The molecule has 3 aromatic carbocycles. The van der Waals surface area contributed by atoms with Gasteiger partial charge in [0, 0.05) is 27.2 Å². The Kier molecular flexibility index (Phi) is 5.57. The molecule has 4 aromatic rings. The zero-order chi connectivity index (χ0) is 30.1. The van der Waals surface area contributed by atoms with Gasteiger partial charge in [0.1, 0.15) is 5.75 Å². The smallest absolute Gasteiger partial charge is 0.352 e. The average molecular weight is 728 g/mol. The molecule has 2 saturated carbocycles. The first-order chi connectivity index (χ1) is 20.6. The molecular formula is C30H24Br2N4O6S. The van der Waals surface area contributed by atoms with Crippen molar-refractivity contribution in [1.29, 1.82) is 0 Å². The monoisotopic (exact) mass is 726 g/mol. The van der Waals surface area contributed by atoms with Crippen LogP contribution in [0.3, 0.4) is 0 Å². The number of alkyl halides is 1. The number of carbonyl (C=O) groups is 1. The van der Waals surface area contributed by atoms with E-state index in [2.05, 4.69) is 31.9 Å². The Morgan fingerprint density at radius 1 is 0.907 bits per heavy atom. The number of carbonyl (C=O) groups excluding carboxylic acids is 1. The van der Waals surface area contributed by atoms with E-state index in [0.29, 0.717) is 27.9 Å². The van der Waals surface area contributed by atoms with Gasteiger partial charge in [-0.2, -0.15) is 0 Å². The molecule has 1 aromatic heterocycles. The molecule has 6 atom stereocenters. The van der Waals surface area contributed by atoms with E-state index in [1.165, 1.54) is 28.6 Å². The van der Waals surface area contributed by atoms with Gasteiger partial charge in [-0.05, 0) is 60.5 Å². The molecule has 3 aliphatic heterocycles. The zero-order valence-corrected chi connectivity index (χ0v) is 26.6. The lowest BCUT2D eigenvalue weighted by atomic mass is 9.78. The fourth-order valence-corrected chi connectivity index (χ4v) is 11.0. The third kappa shape index (κ3) is 3.12. The van der Waals surface area contributed by atoms with Gasteiger partial charge in [-0.1, -0.05) is 62.2 Å². The number of amides is 1. The van der Waals surface area contributed by atoms with Gasteiger partial charge in [0.25, 0.3) is 10.0 Å². The molecular weight excluding hydrogens is 704 g/mol. The second kappa shape index (κ2) is 8.82. The molecule has 5 aliphatic rings. The minimum atomic E-state index is -4.23. The summed E-state index contributed by atoms with van der Waals surface area (Å²) in [4.78, 5) is 42.6. The predicted molar refractivity (Wildman–Crippen MR) is 163 cm³/mol. The normalized spacial score (nSPS) is 30.1. The quantitative estimate of drug-likeness (QED) is 0.291. The number of aromatic nitrogens is 3. The molecule has 2 aliphatic carbocycles. The Morgan fingerprint density at radius 2 is 1.60 bits per heavy atom. The van der Waals surface area contributed by atoms with E-state index in [9.17, 15) is 22.8 Å². The van der Waals surface area contributed by atoms with E-state index in [0.717, 1.165) is 8.87 Å². The number of hydrogen-bond donors (Lipinski definition) is 0. The van der Waals surface area contributed by atoms with Crippen LogP contribution >= 0.6 is 31.9 Å². The van der Waals surface area contributed by atoms with Crippen molar-refractivity contribution in [2.45, 2.75) is 33.6 Å². The van der Waals surface area contributed by atoms with Crippen molar-refractivity contribution in [1.82, 2.24) is 18.2 Å². The molecule has 1 amide bonds. The lowest BCUT2D eigenvalue weighted by molar-refractivity contribution is -0.127. The highest BCUT2D eigenvalue weighted by Gasteiger charge is 2.93. The number of ether oxygens (including phenoxy) is 1. The van der Waals surface area contributed by atoms with Crippen molar-refractivity contribution in [3.05, 3.63) is 110 Å². The molecule has 4 heterocycles. The van der Waals surface area contributed by atoms with Gasteiger partial charge in [-0.15, -0.1) is 0 Å². The highest BCUT2D eigenvalue weighted by molar-refractivity contribution is 9.10. The lowest BCUT2D eigenvalue weighted by Crippen LogP contribution is -2.54. The van der Waals surface area contributed by atoms with Crippen LogP contribution in [-0.4, -0.2) is 51.0 Å². The third-order valence-electron chi connectivity index (χ3n) is 9.92. The Balaban J connectivity index is 1.37. The van der Waals surface area contributed by atoms with Crippen molar-refractivity contribution in [3.8, 4) is 11.4 Å². The number of fused-ring (bicyclic) bond motifs is 1. The summed E-state index contributed by atoms with van der Waals surface area (Å²) in [5.41, 5.74) is -2.16. The summed E-state index contributed by atoms with van der Waals surface area (Å²) in [6.07, 6.45) is 0.449. The summed E-state index contributed by atoms with van der Waals surface area (Å²) in [5, 5.41) is 0. The average Bonchev–Trinajstić information content (AvgIpc) is 3.44. The molecule has 0 N–H and O–H groups in total. The Bertz CT molecular complexity index is 2080. The number of sulfonamides is 1. The number of halogens is 2. The molecule has 6 unspecified atom stereocenters. The molecule has 13 heteroatoms. The number of nitrogens with zero attached hydrogens (tertiary/aromatic N) is 4. The van der Waals surface area contributed by atoms with E-state index in [-0.39, 0.29) is 16.3 Å². The molecule has 43 heavy (non-hydrogen) atoms. The van der Waals surface area contributed by atoms with Crippen LogP contribution in [0.5, 0.6) is 5.75 Å². The van der Waals surface area contributed by atoms with Crippen LogP contribution in [0, 0.1) is 11.3 Å². The Hall–Kier alpha value is -3.42. The first-order valence-corrected chi connectivity index (χ1v) is 16.9. The Morgan fingerprint density at radius 3 is 2.30 bits per heavy atom. The molecule has 0 radical (unpaired) electrons. The van der Waals surface area contributed by atoms with Gasteiger partial charge in [0.2, 0.25) is 5.91 Å². The number of para-hydroxylation sites is 1. The fraction of sp³-hybridized carbons (Fsp3) is 0.300. The molecule has 1 saturated heterocycles. The van der Waals surface area contributed by atoms with E-state index < -0.39 is 56.1 Å². The maximum atomic E-state index is 14.8. The molecule has 1 spiro atoms. The summed E-state index contributed by atoms with van der Waals surface area (Å²) in [7, 11) is -2.70. The summed E-state index contributed by atoms with van der Waals surface area (Å²) in [5.74, 6) is -0.450. The molecule has 9 rings (SSSR count). The maximum absolute atomic E-state index is 14.8. The minimum absolute atomic E-state index is 0.00253. The van der Waals surface area contributed by atoms with Gasteiger partial charge in [0.15, 0.2) is 0 Å². The van der Waals surface area contributed by atoms with Crippen LogP contribution in [0.4, 0.5) is 0 Å². The van der Waals surface area contributed by atoms with Crippen LogP contribution in [0.1, 0.15) is 24.1 Å². The van der Waals surface area contributed by atoms with Gasteiger partial charge in [-0.25, -0.2) is 36.2 Å². The highest BCUT2D eigenvalue weighted by atomic mass is 79.9. The minimum Gasteiger partial charge on any atom is -0.497 e. The van der Waals surface area contributed by atoms with Crippen molar-refractivity contribution in [2.75, 3.05) is 13.7 Å². The van der Waals surface area contributed by atoms with Crippen LogP contribution in [0.25, 0.3) is 5.69 Å². The Labute approximate surface area is 262 Å². The fourth-order valence-electron chi connectivity index (χ4n) is 8.36. The van der Waals surface area contributed by atoms with Gasteiger partial charge >= 0.3 is 11.4 Å². The summed E-state index contributed by atoms with van der Waals surface area (Å²) in [6, 6.07) is 20.8. The zero-order valence-electron chi connectivity index (χ0n) is 22.6. The summed E-state index contributed by atoms with van der Waals surface area (Å²) in [6.45, 7) is -0.107. The first-order valence-electron chi connectivity index (χ1n) is 13.7. The number of benzene rings is 3. The van der Waals surface area contributed by atoms with Crippen molar-refractivity contribution in [2.24, 2.45) is 11.3 Å². The number of hydrogen-bond acceptors (Lipinski definition) is 6. The van der Waals surface area contributed by atoms with E-state index in [1.807, 2.05) is 12.1 Å². The summed E-state index contributed by atoms with van der Waals surface area (Å²) < 4.78 is 39.4. The molecule has 10 nitrogen and oxygen atoms in total. The first kappa shape index (κ1) is 27.2. The topological polar surface area (TPSA) is 113 Å². The van der Waals surface area contributed by atoms with Crippen LogP contribution in [0.15, 0.2) is 97.8 Å². The highest BCUT2D eigenvalue weighted by Crippen LogP contribution is 2.85. The second-order valence-electron chi connectivity index (χ2n) is 11.5.